The average molecular weight is 308 g/mol. The molecule has 2 atom stereocenters. The van der Waals surface area contributed by atoms with Gasteiger partial charge in [-0.2, -0.15) is 0 Å². The SMILES string of the molecule is Cc1cc(F)ccc1NC(=O)C(=O)NC1CCCC1(C)CO. The molecule has 2 rings (SSSR count). The molecule has 0 spiro atoms. The van der Waals surface area contributed by atoms with E-state index in [2.05, 4.69) is 10.6 Å². The number of halogens is 1. The number of amides is 2. The van der Waals surface area contributed by atoms with Crippen LogP contribution in [0.25, 0.3) is 0 Å². The Labute approximate surface area is 128 Å². The first kappa shape index (κ1) is 16.4. The molecule has 0 saturated heterocycles. The summed E-state index contributed by atoms with van der Waals surface area (Å²) in [5.41, 5.74) is 0.557. The standard InChI is InChI=1S/C16H21FN2O3/c1-10-8-11(17)5-6-12(10)18-14(21)15(22)19-13-4-3-7-16(13,2)9-20/h5-6,8,13,20H,3-4,7,9H2,1-2H3,(H,18,21)(H,19,22). The topological polar surface area (TPSA) is 78.4 Å². The molecular weight excluding hydrogens is 287 g/mol. The van der Waals surface area contributed by atoms with Crippen LogP contribution in [0.5, 0.6) is 0 Å². The molecule has 0 aliphatic heterocycles. The summed E-state index contributed by atoms with van der Waals surface area (Å²) >= 11 is 0. The first-order chi connectivity index (χ1) is 10.4. The van der Waals surface area contributed by atoms with Crippen molar-refractivity contribution in [2.75, 3.05) is 11.9 Å². The number of aliphatic hydroxyl groups excluding tert-OH is 1. The predicted molar refractivity (Wildman–Crippen MR) is 80.7 cm³/mol. The summed E-state index contributed by atoms with van der Waals surface area (Å²) in [6, 6.07) is 3.71. The van der Waals surface area contributed by atoms with Crippen LogP contribution in [0, 0.1) is 18.2 Å². The van der Waals surface area contributed by atoms with E-state index < -0.39 is 17.6 Å². The summed E-state index contributed by atoms with van der Waals surface area (Å²) in [5.74, 6) is -1.93. The zero-order valence-electron chi connectivity index (χ0n) is 12.8. The van der Waals surface area contributed by atoms with Gasteiger partial charge in [-0.05, 0) is 43.5 Å². The molecule has 1 aromatic rings. The molecule has 22 heavy (non-hydrogen) atoms. The van der Waals surface area contributed by atoms with Crippen LogP contribution in [0.2, 0.25) is 0 Å². The van der Waals surface area contributed by atoms with Crippen LogP contribution in [0.4, 0.5) is 10.1 Å². The van der Waals surface area contributed by atoms with Crippen molar-refractivity contribution in [2.45, 2.75) is 39.2 Å². The maximum Gasteiger partial charge on any atom is 0.313 e. The van der Waals surface area contributed by atoms with Crippen LogP contribution < -0.4 is 10.6 Å². The van der Waals surface area contributed by atoms with Crippen molar-refractivity contribution >= 4 is 17.5 Å². The molecule has 2 unspecified atom stereocenters. The maximum atomic E-state index is 13.0. The van der Waals surface area contributed by atoms with Crippen molar-refractivity contribution in [1.82, 2.24) is 5.32 Å². The summed E-state index contributed by atoms with van der Waals surface area (Å²) in [6.07, 6.45) is 2.46. The van der Waals surface area contributed by atoms with Crippen LogP contribution in [0.1, 0.15) is 31.7 Å². The molecule has 1 fully saturated rings. The highest BCUT2D eigenvalue weighted by Crippen LogP contribution is 2.37. The minimum atomic E-state index is -0.790. The highest BCUT2D eigenvalue weighted by Gasteiger charge is 2.39. The van der Waals surface area contributed by atoms with E-state index in [1.165, 1.54) is 18.2 Å². The van der Waals surface area contributed by atoms with E-state index in [-0.39, 0.29) is 18.1 Å². The van der Waals surface area contributed by atoms with Gasteiger partial charge in [0.2, 0.25) is 0 Å². The lowest BCUT2D eigenvalue weighted by atomic mass is 9.86. The average Bonchev–Trinajstić information content (AvgIpc) is 2.83. The fourth-order valence-corrected chi connectivity index (χ4v) is 2.84. The lowest BCUT2D eigenvalue weighted by Gasteiger charge is -2.29. The number of aliphatic hydroxyl groups is 1. The van der Waals surface area contributed by atoms with Gasteiger partial charge < -0.3 is 15.7 Å². The van der Waals surface area contributed by atoms with Crippen LogP contribution in [-0.4, -0.2) is 29.6 Å². The molecule has 2 amide bonds. The van der Waals surface area contributed by atoms with Gasteiger partial charge in [0.1, 0.15) is 5.82 Å². The lowest BCUT2D eigenvalue weighted by Crippen LogP contribution is -2.48. The van der Waals surface area contributed by atoms with E-state index in [1.54, 1.807) is 6.92 Å². The Balaban J connectivity index is 1.99. The normalized spacial score (nSPS) is 24.1. The molecule has 5 nitrogen and oxygen atoms in total. The second-order valence-corrected chi connectivity index (χ2v) is 6.14. The zero-order chi connectivity index (χ0) is 16.3. The highest BCUT2D eigenvalue weighted by molar-refractivity contribution is 6.39. The minimum absolute atomic E-state index is 0.0311. The van der Waals surface area contributed by atoms with E-state index in [1.807, 2.05) is 6.92 Å². The number of hydrogen-bond acceptors (Lipinski definition) is 3. The fraction of sp³-hybridized carbons (Fsp3) is 0.500. The van der Waals surface area contributed by atoms with Crippen LogP contribution in [0.15, 0.2) is 18.2 Å². The van der Waals surface area contributed by atoms with Crippen LogP contribution >= 0.6 is 0 Å². The number of nitrogens with one attached hydrogen (secondary N) is 2. The smallest absolute Gasteiger partial charge is 0.313 e. The van der Waals surface area contributed by atoms with E-state index in [4.69, 9.17) is 0 Å². The molecule has 1 aliphatic rings. The van der Waals surface area contributed by atoms with Crippen molar-refractivity contribution in [1.29, 1.82) is 0 Å². The van der Waals surface area contributed by atoms with Gasteiger partial charge in [-0.3, -0.25) is 9.59 Å². The van der Waals surface area contributed by atoms with E-state index in [9.17, 15) is 19.1 Å². The minimum Gasteiger partial charge on any atom is -0.396 e. The Morgan fingerprint density at radius 2 is 2.14 bits per heavy atom. The first-order valence-corrected chi connectivity index (χ1v) is 7.34. The van der Waals surface area contributed by atoms with Crippen molar-refractivity contribution < 1.29 is 19.1 Å². The number of hydrogen-bond donors (Lipinski definition) is 3. The molecule has 6 heteroatoms. The van der Waals surface area contributed by atoms with Crippen molar-refractivity contribution in [2.24, 2.45) is 5.41 Å². The van der Waals surface area contributed by atoms with Crippen molar-refractivity contribution in [3.63, 3.8) is 0 Å². The maximum absolute atomic E-state index is 13.0. The number of anilines is 1. The quantitative estimate of drug-likeness (QED) is 0.744. The molecule has 0 bridgehead atoms. The first-order valence-electron chi connectivity index (χ1n) is 7.34. The highest BCUT2D eigenvalue weighted by atomic mass is 19.1. The van der Waals surface area contributed by atoms with Gasteiger partial charge in [0.15, 0.2) is 0 Å². The third-order valence-corrected chi connectivity index (χ3v) is 4.39. The monoisotopic (exact) mass is 308 g/mol. The van der Waals surface area contributed by atoms with Gasteiger partial charge in [-0.1, -0.05) is 13.3 Å². The molecule has 1 aromatic carbocycles. The number of carbonyl (C=O) groups excluding carboxylic acids is 2. The van der Waals surface area contributed by atoms with Gasteiger partial charge >= 0.3 is 11.8 Å². The van der Waals surface area contributed by atoms with E-state index >= 15 is 0 Å². The van der Waals surface area contributed by atoms with Gasteiger partial charge in [-0.15, -0.1) is 0 Å². The predicted octanol–water partition coefficient (Wildman–Crippen LogP) is 1.74. The molecule has 0 aromatic heterocycles. The molecular formula is C16H21FN2O3. The Hall–Kier alpha value is -1.95. The van der Waals surface area contributed by atoms with Crippen molar-refractivity contribution in [3.8, 4) is 0 Å². The Morgan fingerprint density at radius 3 is 2.77 bits per heavy atom. The van der Waals surface area contributed by atoms with Crippen LogP contribution in [0.3, 0.4) is 0 Å². The summed E-state index contributed by atoms with van der Waals surface area (Å²) < 4.78 is 13.0. The number of carbonyl (C=O) groups is 2. The molecule has 3 N–H and O–H groups in total. The Morgan fingerprint density at radius 1 is 1.41 bits per heavy atom. The van der Waals surface area contributed by atoms with Gasteiger partial charge in [0, 0.05) is 17.1 Å². The second-order valence-electron chi connectivity index (χ2n) is 6.14. The summed E-state index contributed by atoms with van der Waals surface area (Å²) in [4.78, 5) is 24.0. The summed E-state index contributed by atoms with van der Waals surface area (Å²) in [7, 11) is 0. The fourth-order valence-electron chi connectivity index (χ4n) is 2.84. The number of aryl methyl sites for hydroxylation is 1. The van der Waals surface area contributed by atoms with Gasteiger partial charge in [0.25, 0.3) is 0 Å². The lowest BCUT2D eigenvalue weighted by molar-refractivity contribution is -0.137. The zero-order valence-corrected chi connectivity index (χ0v) is 12.8. The third-order valence-electron chi connectivity index (χ3n) is 4.39. The molecule has 120 valence electrons. The molecule has 1 aliphatic carbocycles. The Bertz CT molecular complexity index is 591. The largest absolute Gasteiger partial charge is 0.396 e. The van der Waals surface area contributed by atoms with Gasteiger partial charge in [-0.25, -0.2) is 4.39 Å². The van der Waals surface area contributed by atoms with E-state index in [0.717, 1.165) is 19.3 Å². The molecule has 0 radical (unpaired) electrons. The second kappa shape index (κ2) is 6.44. The molecule has 0 heterocycles. The van der Waals surface area contributed by atoms with Crippen LogP contribution in [-0.2, 0) is 9.59 Å². The summed E-state index contributed by atoms with van der Waals surface area (Å²) in [6.45, 7) is 3.51. The number of rotatable bonds is 3. The number of benzene rings is 1. The Kier molecular flexibility index (Phi) is 4.81. The van der Waals surface area contributed by atoms with E-state index in [0.29, 0.717) is 11.3 Å². The van der Waals surface area contributed by atoms with Gasteiger partial charge in [0.05, 0.1) is 6.61 Å². The third kappa shape index (κ3) is 3.44. The molecule has 1 saturated carbocycles. The summed E-state index contributed by atoms with van der Waals surface area (Å²) in [5, 5.41) is 14.6. The van der Waals surface area contributed by atoms with Crippen molar-refractivity contribution in [3.05, 3.63) is 29.6 Å².